The van der Waals surface area contributed by atoms with E-state index in [1.54, 1.807) is 6.07 Å². The molecule has 3 nitrogen and oxygen atoms in total. The van der Waals surface area contributed by atoms with Crippen molar-refractivity contribution in [1.82, 2.24) is 4.98 Å². The van der Waals surface area contributed by atoms with E-state index in [0.29, 0.717) is 5.92 Å². The highest BCUT2D eigenvalue weighted by molar-refractivity contribution is 5.42. The summed E-state index contributed by atoms with van der Waals surface area (Å²) in [5.74, 6) is 0.702. The van der Waals surface area contributed by atoms with Gasteiger partial charge in [0.25, 0.3) is 0 Å². The molecule has 1 N–H and O–H groups in total. The second-order valence-electron chi connectivity index (χ2n) is 4.47. The number of nitrogens with zero attached hydrogens (tertiary/aromatic N) is 1. The van der Waals surface area contributed by atoms with Crippen LogP contribution in [0, 0.1) is 5.92 Å². The number of anilines is 1. The molecule has 0 unspecified atom stereocenters. The van der Waals surface area contributed by atoms with E-state index >= 15 is 0 Å². The van der Waals surface area contributed by atoms with Crippen LogP contribution in [0.15, 0.2) is 18.3 Å². The number of hydrogen-bond donors (Lipinski definition) is 1. The van der Waals surface area contributed by atoms with Gasteiger partial charge in [0.05, 0.1) is 11.9 Å². The highest BCUT2D eigenvalue weighted by Gasteiger charge is 2.28. The Hall–Kier alpha value is -1.46. The Labute approximate surface area is 103 Å². The van der Waals surface area contributed by atoms with Crippen molar-refractivity contribution in [2.45, 2.75) is 25.4 Å². The molecule has 1 saturated carbocycles. The molecule has 1 fully saturated rings. The first-order chi connectivity index (χ1) is 8.53. The lowest BCUT2D eigenvalue weighted by Gasteiger charge is -2.25. The molecule has 0 atom stereocenters. The molecule has 0 aromatic carbocycles. The van der Waals surface area contributed by atoms with E-state index in [9.17, 15) is 13.2 Å². The van der Waals surface area contributed by atoms with Gasteiger partial charge in [0, 0.05) is 12.6 Å². The number of pyridine rings is 1. The fraction of sp³-hybridized carbons (Fsp3) is 0.583. The molecular formula is C12H15F3N2O. The van der Waals surface area contributed by atoms with Crippen LogP contribution in [-0.2, 0) is 0 Å². The lowest BCUT2D eigenvalue weighted by molar-refractivity contribution is -0.154. The number of nitrogens with one attached hydrogen (secondary N) is 1. The molecular weight excluding hydrogens is 245 g/mol. The molecule has 1 aromatic rings. The molecule has 2 rings (SSSR count). The normalized spacial score (nSPS) is 16.2. The van der Waals surface area contributed by atoms with Crippen LogP contribution in [0.4, 0.5) is 18.9 Å². The Balaban J connectivity index is 1.77. The van der Waals surface area contributed by atoms with E-state index in [2.05, 4.69) is 15.0 Å². The standard InChI is InChI=1S/C12H15F3N2O/c13-12(14,15)8-18-11-5-4-10(7-17-11)16-6-9-2-1-3-9/h4-5,7,9,16H,1-3,6,8H2. The second kappa shape index (κ2) is 5.46. The third-order valence-corrected chi connectivity index (χ3v) is 2.94. The summed E-state index contributed by atoms with van der Waals surface area (Å²) in [5, 5.41) is 3.21. The Bertz CT molecular complexity index is 374. The van der Waals surface area contributed by atoms with Gasteiger partial charge in [-0.1, -0.05) is 6.42 Å². The highest BCUT2D eigenvalue weighted by atomic mass is 19.4. The van der Waals surface area contributed by atoms with Crippen molar-refractivity contribution in [2.75, 3.05) is 18.5 Å². The first kappa shape index (κ1) is 13.0. The fourth-order valence-electron chi connectivity index (χ4n) is 1.69. The molecule has 1 heterocycles. The molecule has 0 radical (unpaired) electrons. The molecule has 0 bridgehead atoms. The van der Waals surface area contributed by atoms with Gasteiger partial charge in [-0.05, 0) is 24.8 Å². The topological polar surface area (TPSA) is 34.1 Å². The van der Waals surface area contributed by atoms with E-state index < -0.39 is 12.8 Å². The average Bonchev–Trinajstić information content (AvgIpc) is 2.25. The summed E-state index contributed by atoms with van der Waals surface area (Å²) in [4.78, 5) is 3.82. The minimum atomic E-state index is -4.33. The molecule has 1 aromatic heterocycles. The Morgan fingerprint density at radius 2 is 2.11 bits per heavy atom. The maximum atomic E-state index is 11.9. The number of alkyl halides is 3. The van der Waals surface area contributed by atoms with Crippen LogP contribution in [0.25, 0.3) is 0 Å². The van der Waals surface area contributed by atoms with Crippen LogP contribution >= 0.6 is 0 Å². The number of hydrogen-bond acceptors (Lipinski definition) is 3. The minimum Gasteiger partial charge on any atom is -0.468 e. The molecule has 1 aliphatic carbocycles. The molecule has 0 amide bonds. The lowest BCUT2D eigenvalue weighted by Crippen LogP contribution is -2.21. The van der Waals surface area contributed by atoms with Crippen LogP contribution in [-0.4, -0.2) is 24.3 Å². The first-order valence-corrected chi connectivity index (χ1v) is 5.92. The summed E-state index contributed by atoms with van der Waals surface area (Å²) in [7, 11) is 0. The van der Waals surface area contributed by atoms with Gasteiger partial charge in [0.15, 0.2) is 6.61 Å². The van der Waals surface area contributed by atoms with Crippen LogP contribution in [0.2, 0.25) is 0 Å². The van der Waals surface area contributed by atoms with Crippen molar-refractivity contribution in [1.29, 1.82) is 0 Å². The summed E-state index contributed by atoms with van der Waals surface area (Å²) < 4.78 is 40.3. The number of halogens is 3. The summed E-state index contributed by atoms with van der Waals surface area (Å²) in [6, 6.07) is 3.12. The maximum Gasteiger partial charge on any atom is 0.422 e. The average molecular weight is 260 g/mol. The molecule has 0 spiro atoms. The Morgan fingerprint density at radius 1 is 1.33 bits per heavy atom. The number of rotatable bonds is 5. The molecule has 0 saturated heterocycles. The van der Waals surface area contributed by atoms with Gasteiger partial charge in [-0.15, -0.1) is 0 Å². The summed E-state index contributed by atoms with van der Waals surface area (Å²) >= 11 is 0. The van der Waals surface area contributed by atoms with E-state index in [1.807, 2.05) is 0 Å². The molecule has 6 heteroatoms. The van der Waals surface area contributed by atoms with Gasteiger partial charge in [0.2, 0.25) is 5.88 Å². The third kappa shape index (κ3) is 4.09. The predicted octanol–water partition coefficient (Wildman–Crippen LogP) is 3.23. The summed E-state index contributed by atoms with van der Waals surface area (Å²) in [6.45, 7) is -0.417. The minimum absolute atomic E-state index is 0.0125. The SMILES string of the molecule is FC(F)(F)COc1ccc(NCC2CCC2)cn1. The summed E-state index contributed by atoms with van der Waals surface area (Å²) in [5.41, 5.74) is 0.807. The number of aromatic nitrogens is 1. The van der Waals surface area contributed by atoms with Gasteiger partial charge < -0.3 is 10.1 Å². The molecule has 18 heavy (non-hydrogen) atoms. The van der Waals surface area contributed by atoms with Crippen molar-refractivity contribution in [2.24, 2.45) is 5.92 Å². The monoisotopic (exact) mass is 260 g/mol. The predicted molar refractivity (Wildman–Crippen MR) is 61.6 cm³/mol. The van der Waals surface area contributed by atoms with E-state index in [1.165, 1.54) is 31.5 Å². The van der Waals surface area contributed by atoms with Crippen LogP contribution in [0.3, 0.4) is 0 Å². The smallest absolute Gasteiger partial charge is 0.422 e. The quantitative estimate of drug-likeness (QED) is 0.882. The highest BCUT2D eigenvalue weighted by Crippen LogP contribution is 2.26. The maximum absolute atomic E-state index is 11.9. The zero-order chi connectivity index (χ0) is 13.0. The van der Waals surface area contributed by atoms with Crippen molar-refractivity contribution in [3.63, 3.8) is 0 Å². The fourth-order valence-corrected chi connectivity index (χ4v) is 1.69. The number of ether oxygens (including phenoxy) is 1. The molecule has 0 aliphatic heterocycles. The summed E-state index contributed by atoms with van der Waals surface area (Å²) in [6.07, 6.45) is 0.933. The van der Waals surface area contributed by atoms with E-state index in [-0.39, 0.29) is 5.88 Å². The van der Waals surface area contributed by atoms with Gasteiger partial charge >= 0.3 is 6.18 Å². The zero-order valence-electron chi connectivity index (χ0n) is 9.83. The molecule has 1 aliphatic rings. The van der Waals surface area contributed by atoms with Crippen LogP contribution < -0.4 is 10.1 Å². The second-order valence-corrected chi connectivity index (χ2v) is 4.47. The van der Waals surface area contributed by atoms with Gasteiger partial charge in [-0.3, -0.25) is 0 Å². The Kier molecular flexibility index (Phi) is 3.93. The first-order valence-electron chi connectivity index (χ1n) is 5.92. The zero-order valence-corrected chi connectivity index (χ0v) is 9.83. The largest absolute Gasteiger partial charge is 0.468 e. The van der Waals surface area contributed by atoms with Crippen LogP contribution in [0.1, 0.15) is 19.3 Å². The van der Waals surface area contributed by atoms with Crippen LogP contribution in [0.5, 0.6) is 5.88 Å². The van der Waals surface area contributed by atoms with E-state index in [4.69, 9.17) is 0 Å². The van der Waals surface area contributed by atoms with Crippen molar-refractivity contribution >= 4 is 5.69 Å². The third-order valence-electron chi connectivity index (χ3n) is 2.94. The van der Waals surface area contributed by atoms with E-state index in [0.717, 1.165) is 12.2 Å². The lowest BCUT2D eigenvalue weighted by atomic mass is 9.85. The molecule has 100 valence electrons. The Morgan fingerprint density at radius 3 is 2.61 bits per heavy atom. The van der Waals surface area contributed by atoms with Gasteiger partial charge in [-0.2, -0.15) is 13.2 Å². The van der Waals surface area contributed by atoms with Crippen molar-refractivity contribution in [3.05, 3.63) is 18.3 Å². The van der Waals surface area contributed by atoms with Crippen molar-refractivity contribution in [3.8, 4) is 5.88 Å². The van der Waals surface area contributed by atoms with Gasteiger partial charge in [-0.25, -0.2) is 4.98 Å². The van der Waals surface area contributed by atoms with Crippen molar-refractivity contribution < 1.29 is 17.9 Å². The van der Waals surface area contributed by atoms with Gasteiger partial charge in [0.1, 0.15) is 0 Å².